The number of hydrogen-bond donors (Lipinski definition) is 2. The lowest BCUT2D eigenvalue weighted by Crippen LogP contribution is -1.81. The van der Waals surface area contributed by atoms with E-state index in [2.05, 4.69) is 33.9 Å². The first-order valence-corrected chi connectivity index (χ1v) is 4.90. The van der Waals surface area contributed by atoms with Crippen LogP contribution in [-0.4, -0.2) is 10.1 Å². The smallest absolute Gasteiger partial charge is 0.0842 e. The Hall–Kier alpha value is -0.800. The van der Waals surface area contributed by atoms with Crippen LogP contribution in [0.3, 0.4) is 0 Å². The van der Waals surface area contributed by atoms with E-state index in [1.807, 2.05) is 12.1 Å². The summed E-state index contributed by atoms with van der Waals surface area (Å²) in [4.78, 5) is 3.16. The number of rotatable bonds is 1. The highest BCUT2D eigenvalue weighted by Crippen LogP contribution is 2.30. The average molecular weight is 240 g/mol. The van der Waals surface area contributed by atoms with Gasteiger partial charge >= 0.3 is 0 Å². The van der Waals surface area contributed by atoms with E-state index in [1.165, 1.54) is 5.56 Å². The van der Waals surface area contributed by atoms with Crippen LogP contribution in [0.4, 0.5) is 0 Å². The number of aryl methyl sites for hydroxylation is 1. The Labute approximate surface area is 84.7 Å². The minimum Gasteiger partial charge on any atom is -0.390 e. The van der Waals surface area contributed by atoms with E-state index in [0.29, 0.717) is 0 Å². The van der Waals surface area contributed by atoms with Gasteiger partial charge in [0.1, 0.15) is 0 Å². The van der Waals surface area contributed by atoms with Crippen LogP contribution in [-0.2, 0) is 6.61 Å². The first-order chi connectivity index (χ1) is 6.24. The van der Waals surface area contributed by atoms with Crippen LogP contribution in [0.5, 0.6) is 0 Å². The fraction of sp³-hybridized carbons (Fsp3) is 0.200. The molecule has 0 saturated carbocycles. The molecule has 0 fully saturated rings. The summed E-state index contributed by atoms with van der Waals surface area (Å²) in [5.74, 6) is 0. The summed E-state index contributed by atoms with van der Waals surface area (Å²) in [5.41, 5.74) is 3.11. The van der Waals surface area contributed by atoms with Gasteiger partial charge in [-0.05, 0) is 34.5 Å². The average Bonchev–Trinajstić information content (AvgIpc) is 2.44. The number of aromatic amines is 1. The Bertz CT molecular complexity index is 447. The zero-order chi connectivity index (χ0) is 9.42. The van der Waals surface area contributed by atoms with Gasteiger partial charge in [0.2, 0.25) is 0 Å². The fourth-order valence-corrected chi connectivity index (χ4v) is 2.29. The molecule has 68 valence electrons. The van der Waals surface area contributed by atoms with Crippen molar-refractivity contribution in [2.75, 3.05) is 0 Å². The van der Waals surface area contributed by atoms with Gasteiger partial charge < -0.3 is 10.1 Å². The van der Waals surface area contributed by atoms with Crippen molar-refractivity contribution in [3.63, 3.8) is 0 Å². The molecule has 0 unspecified atom stereocenters. The minimum absolute atomic E-state index is 0.0364. The molecule has 0 amide bonds. The Kier molecular flexibility index (Phi) is 2.14. The van der Waals surface area contributed by atoms with Crippen molar-refractivity contribution in [1.82, 2.24) is 4.98 Å². The predicted octanol–water partition coefficient (Wildman–Crippen LogP) is 2.73. The van der Waals surface area contributed by atoms with Crippen LogP contribution in [0.25, 0.3) is 10.9 Å². The Balaban J connectivity index is 2.85. The highest BCUT2D eigenvalue weighted by Gasteiger charge is 2.08. The molecule has 0 aliphatic heterocycles. The normalized spacial score (nSPS) is 11.0. The number of aliphatic hydroxyl groups excluding tert-OH is 1. The molecular formula is C10H10BrNO. The Morgan fingerprint density at radius 3 is 2.85 bits per heavy atom. The quantitative estimate of drug-likeness (QED) is 0.789. The van der Waals surface area contributed by atoms with Crippen molar-refractivity contribution in [2.45, 2.75) is 13.5 Å². The number of H-pyrrole nitrogens is 1. The van der Waals surface area contributed by atoms with Crippen molar-refractivity contribution in [2.24, 2.45) is 0 Å². The molecule has 1 heterocycles. The van der Waals surface area contributed by atoms with Crippen molar-refractivity contribution in [1.29, 1.82) is 0 Å². The Morgan fingerprint density at radius 1 is 1.46 bits per heavy atom. The number of nitrogens with one attached hydrogen (secondary N) is 1. The molecule has 0 aliphatic rings. The van der Waals surface area contributed by atoms with E-state index in [-0.39, 0.29) is 6.61 Å². The Morgan fingerprint density at radius 2 is 2.23 bits per heavy atom. The van der Waals surface area contributed by atoms with E-state index in [1.54, 1.807) is 0 Å². The van der Waals surface area contributed by atoms with E-state index in [4.69, 9.17) is 5.11 Å². The second-order valence-corrected chi connectivity index (χ2v) is 3.87. The topological polar surface area (TPSA) is 36.0 Å². The first kappa shape index (κ1) is 8.78. The molecule has 2 N–H and O–H groups in total. The van der Waals surface area contributed by atoms with E-state index < -0.39 is 0 Å². The highest BCUT2D eigenvalue weighted by atomic mass is 79.9. The van der Waals surface area contributed by atoms with Gasteiger partial charge in [-0.1, -0.05) is 12.1 Å². The van der Waals surface area contributed by atoms with Crippen LogP contribution >= 0.6 is 15.9 Å². The molecule has 2 aromatic rings. The summed E-state index contributed by atoms with van der Waals surface area (Å²) in [6.45, 7) is 2.09. The number of benzene rings is 1. The molecule has 0 radical (unpaired) electrons. The van der Waals surface area contributed by atoms with Crippen molar-refractivity contribution in [3.8, 4) is 0 Å². The summed E-state index contributed by atoms with van der Waals surface area (Å²) >= 11 is 3.47. The zero-order valence-electron chi connectivity index (χ0n) is 7.26. The van der Waals surface area contributed by atoms with Crippen molar-refractivity contribution in [3.05, 3.63) is 33.9 Å². The number of hydrogen-bond acceptors (Lipinski definition) is 1. The molecule has 1 aromatic heterocycles. The van der Waals surface area contributed by atoms with Crippen LogP contribution in [0, 0.1) is 6.92 Å². The maximum Gasteiger partial charge on any atom is 0.0842 e. The summed E-state index contributed by atoms with van der Waals surface area (Å²) in [5, 5.41) is 10.2. The summed E-state index contributed by atoms with van der Waals surface area (Å²) in [7, 11) is 0. The maximum atomic E-state index is 9.05. The van der Waals surface area contributed by atoms with Gasteiger partial charge in [0.25, 0.3) is 0 Å². The molecule has 0 aliphatic carbocycles. The van der Waals surface area contributed by atoms with Gasteiger partial charge in [0.05, 0.1) is 12.3 Å². The van der Waals surface area contributed by atoms with Crippen LogP contribution < -0.4 is 0 Å². The van der Waals surface area contributed by atoms with Crippen LogP contribution in [0.2, 0.25) is 0 Å². The first-order valence-electron chi connectivity index (χ1n) is 4.10. The molecule has 3 heteroatoms. The van der Waals surface area contributed by atoms with Gasteiger partial charge in [0, 0.05) is 15.4 Å². The lowest BCUT2D eigenvalue weighted by atomic mass is 10.1. The van der Waals surface area contributed by atoms with Crippen LogP contribution in [0.15, 0.2) is 22.7 Å². The molecule has 13 heavy (non-hydrogen) atoms. The maximum absolute atomic E-state index is 9.05. The SMILES string of the molecule is Cc1cccc2[nH]c(CO)c(Br)c12. The van der Waals surface area contributed by atoms with Crippen LogP contribution in [0.1, 0.15) is 11.3 Å². The number of halogens is 1. The molecule has 2 rings (SSSR count). The zero-order valence-corrected chi connectivity index (χ0v) is 8.85. The highest BCUT2D eigenvalue weighted by molar-refractivity contribution is 9.10. The van der Waals surface area contributed by atoms with Gasteiger partial charge in [-0.3, -0.25) is 0 Å². The second kappa shape index (κ2) is 3.16. The fourth-order valence-electron chi connectivity index (χ4n) is 1.54. The van der Waals surface area contributed by atoms with E-state index in [0.717, 1.165) is 21.1 Å². The lowest BCUT2D eigenvalue weighted by molar-refractivity contribution is 0.277. The number of aliphatic hydroxyl groups is 1. The van der Waals surface area contributed by atoms with Gasteiger partial charge in [0.15, 0.2) is 0 Å². The van der Waals surface area contributed by atoms with Crippen molar-refractivity contribution < 1.29 is 5.11 Å². The third kappa shape index (κ3) is 1.28. The molecule has 2 nitrogen and oxygen atoms in total. The number of fused-ring (bicyclic) bond motifs is 1. The summed E-state index contributed by atoms with van der Waals surface area (Å²) in [6, 6.07) is 6.07. The summed E-state index contributed by atoms with van der Waals surface area (Å²) in [6.07, 6.45) is 0. The molecule has 0 spiro atoms. The van der Waals surface area contributed by atoms with Crippen molar-refractivity contribution >= 4 is 26.8 Å². The third-order valence-corrected chi connectivity index (χ3v) is 3.08. The van der Waals surface area contributed by atoms with E-state index in [9.17, 15) is 0 Å². The standard InChI is InChI=1S/C10H10BrNO/c1-6-3-2-4-7-9(6)10(11)8(5-13)12-7/h2-4,12-13H,5H2,1H3. The molecule has 0 bridgehead atoms. The van der Waals surface area contributed by atoms with Gasteiger partial charge in [-0.15, -0.1) is 0 Å². The lowest BCUT2D eigenvalue weighted by Gasteiger charge is -1.95. The van der Waals surface area contributed by atoms with Gasteiger partial charge in [-0.25, -0.2) is 0 Å². The molecule has 0 atom stereocenters. The predicted molar refractivity (Wildman–Crippen MR) is 56.7 cm³/mol. The number of aromatic nitrogens is 1. The summed E-state index contributed by atoms with van der Waals surface area (Å²) < 4.78 is 0.975. The largest absolute Gasteiger partial charge is 0.390 e. The molecule has 0 saturated heterocycles. The second-order valence-electron chi connectivity index (χ2n) is 3.07. The molecule has 1 aromatic carbocycles. The minimum atomic E-state index is 0.0364. The van der Waals surface area contributed by atoms with Gasteiger partial charge in [-0.2, -0.15) is 0 Å². The third-order valence-electron chi connectivity index (χ3n) is 2.20. The monoisotopic (exact) mass is 239 g/mol. The molecular weight excluding hydrogens is 230 g/mol. The van der Waals surface area contributed by atoms with E-state index >= 15 is 0 Å².